The Morgan fingerprint density at radius 2 is 2.11 bits per heavy atom. The van der Waals surface area contributed by atoms with Gasteiger partial charge < -0.3 is 4.74 Å². The molecule has 2 heteroatoms. The minimum Gasteiger partial charge on any atom is -0.358 e. The van der Waals surface area contributed by atoms with E-state index < -0.39 is 0 Å². The molecule has 2 nitrogen and oxygen atoms in total. The van der Waals surface area contributed by atoms with E-state index in [0.29, 0.717) is 23.5 Å². The van der Waals surface area contributed by atoms with Gasteiger partial charge in [-0.1, -0.05) is 31.6 Å². The Morgan fingerprint density at radius 1 is 1.28 bits per heavy atom. The third-order valence-corrected chi connectivity index (χ3v) is 5.66. The van der Waals surface area contributed by atoms with E-state index in [2.05, 4.69) is 26.0 Å². The number of carbonyl (C=O) groups excluding carboxylic acids is 1. The average molecular weight is 244 g/mol. The Labute approximate surface area is 108 Å². The fourth-order valence-electron chi connectivity index (χ4n) is 4.59. The minimum absolute atomic E-state index is 0.0334. The van der Waals surface area contributed by atoms with Crippen LogP contribution in [0, 0.1) is 11.3 Å². The van der Waals surface area contributed by atoms with Crippen molar-refractivity contribution in [2.45, 2.75) is 57.7 Å². The van der Waals surface area contributed by atoms with Crippen LogP contribution in [0.4, 0.5) is 0 Å². The highest BCUT2D eigenvalue weighted by Gasteiger charge is 2.57. The quantitative estimate of drug-likeness (QED) is 0.612. The van der Waals surface area contributed by atoms with Crippen LogP contribution in [0.25, 0.3) is 0 Å². The lowest BCUT2D eigenvalue weighted by Crippen LogP contribution is -2.37. The second-order valence-corrected chi connectivity index (χ2v) is 7.04. The topological polar surface area (TPSA) is 26.3 Å². The van der Waals surface area contributed by atoms with Crippen LogP contribution in [0.15, 0.2) is 23.3 Å². The third-order valence-electron chi connectivity index (χ3n) is 5.66. The molecule has 0 N–H and O–H groups in total. The highest BCUT2D eigenvalue weighted by atomic mass is 16.5. The van der Waals surface area contributed by atoms with Crippen molar-refractivity contribution in [2.75, 3.05) is 0 Å². The van der Waals surface area contributed by atoms with Gasteiger partial charge in [-0.25, -0.2) is 0 Å². The molecular formula is C16H20O2. The van der Waals surface area contributed by atoms with Crippen LogP contribution in [-0.2, 0) is 9.53 Å². The molecule has 1 fully saturated rings. The zero-order chi connectivity index (χ0) is 12.5. The first-order chi connectivity index (χ1) is 8.52. The number of rotatable bonds is 0. The van der Waals surface area contributed by atoms with Crippen molar-refractivity contribution in [3.8, 4) is 0 Å². The second kappa shape index (κ2) is 3.16. The van der Waals surface area contributed by atoms with E-state index in [0.717, 1.165) is 24.8 Å². The van der Waals surface area contributed by atoms with E-state index in [1.165, 1.54) is 12.0 Å². The molecule has 0 saturated heterocycles. The van der Waals surface area contributed by atoms with Gasteiger partial charge >= 0.3 is 0 Å². The summed E-state index contributed by atoms with van der Waals surface area (Å²) < 4.78 is 6.36. The van der Waals surface area contributed by atoms with Crippen LogP contribution >= 0.6 is 0 Å². The molecule has 18 heavy (non-hydrogen) atoms. The molecule has 1 saturated carbocycles. The van der Waals surface area contributed by atoms with Crippen molar-refractivity contribution >= 4 is 5.78 Å². The van der Waals surface area contributed by atoms with Crippen LogP contribution < -0.4 is 0 Å². The van der Waals surface area contributed by atoms with Crippen LogP contribution in [0.2, 0.25) is 0 Å². The van der Waals surface area contributed by atoms with Gasteiger partial charge in [0.1, 0.15) is 6.10 Å². The number of hydrogen-bond acceptors (Lipinski definition) is 2. The summed E-state index contributed by atoms with van der Waals surface area (Å²) in [5.41, 5.74) is 2.66. The Morgan fingerprint density at radius 3 is 2.94 bits per heavy atom. The van der Waals surface area contributed by atoms with Gasteiger partial charge in [-0.2, -0.15) is 0 Å². The van der Waals surface area contributed by atoms with Crippen LogP contribution in [0.3, 0.4) is 0 Å². The summed E-state index contributed by atoms with van der Waals surface area (Å²) in [6.07, 6.45) is 9.49. The Hall–Kier alpha value is -0.890. The van der Waals surface area contributed by atoms with Gasteiger partial charge in [0.05, 0.1) is 5.60 Å². The number of carbonyl (C=O) groups is 1. The molecule has 3 atom stereocenters. The predicted octanol–water partition coefficient (Wildman–Crippen LogP) is 3.18. The van der Waals surface area contributed by atoms with Gasteiger partial charge in [-0.3, -0.25) is 4.79 Å². The van der Waals surface area contributed by atoms with E-state index in [9.17, 15) is 4.79 Å². The van der Waals surface area contributed by atoms with E-state index in [1.807, 2.05) is 0 Å². The fraction of sp³-hybridized carbons (Fsp3) is 0.688. The zero-order valence-corrected chi connectivity index (χ0v) is 11.2. The van der Waals surface area contributed by atoms with Crippen LogP contribution in [-0.4, -0.2) is 17.5 Å². The maximum atomic E-state index is 12.1. The van der Waals surface area contributed by atoms with E-state index in [4.69, 9.17) is 4.74 Å². The largest absolute Gasteiger partial charge is 0.358 e. The highest BCUT2D eigenvalue weighted by molar-refractivity contribution is 6.00. The first-order valence-corrected chi connectivity index (χ1v) is 7.14. The summed E-state index contributed by atoms with van der Waals surface area (Å²) in [5.74, 6) is 0.874. The molecule has 4 aliphatic rings. The molecule has 96 valence electrons. The molecule has 0 unspecified atom stereocenters. The average Bonchev–Trinajstić information content (AvgIpc) is 2.89. The Kier molecular flexibility index (Phi) is 1.93. The van der Waals surface area contributed by atoms with Gasteiger partial charge in [-0.05, 0) is 31.1 Å². The smallest absolute Gasteiger partial charge is 0.162 e. The summed E-state index contributed by atoms with van der Waals surface area (Å²) in [5, 5.41) is 0. The van der Waals surface area contributed by atoms with Crippen molar-refractivity contribution in [2.24, 2.45) is 11.3 Å². The number of ketones is 1. The lowest BCUT2D eigenvalue weighted by Gasteiger charge is -2.36. The zero-order valence-electron chi connectivity index (χ0n) is 11.2. The lowest BCUT2D eigenvalue weighted by atomic mass is 9.72. The molecule has 0 radical (unpaired) electrons. The van der Waals surface area contributed by atoms with E-state index in [1.54, 1.807) is 0 Å². The fourth-order valence-corrected chi connectivity index (χ4v) is 4.59. The normalized spacial score (nSPS) is 44.2. The second-order valence-electron chi connectivity index (χ2n) is 7.04. The van der Waals surface area contributed by atoms with Crippen molar-refractivity contribution in [3.63, 3.8) is 0 Å². The SMILES string of the molecule is CC1(C)CC[C@@]23C=C[C@@H](O2)C2=C(CCC2=O)C[C@H]13. The number of fused-ring (bicyclic) bond motifs is 2. The Bertz CT molecular complexity index is 497. The monoisotopic (exact) mass is 244 g/mol. The predicted molar refractivity (Wildman–Crippen MR) is 69.1 cm³/mol. The summed E-state index contributed by atoms with van der Waals surface area (Å²) in [6, 6.07) is 0. The highest BCUT2D eigenvalue weighted by Crippen LogP contribution is 2.59. The third kappa shape index (κ3) is 1.20. The molecule has 2 aliphatic carbocycles. The lowest BCUT2D eigenvalue weighted by molar-refractivity contribution is -0.116. The molecule has 2 aliphatic heterocycles. The molecule has 0 amide bonds. The molecule has 2 heterocycles. The molecule has 0 aromatic rings. The van der Waals surface area contributed by atoms with E-state index in [-0.39, 0.29) is 11.7 Å². The van der Waals surface area contributed by atoms with Gasteiger partial charge in [0.2, 0.25) is 0 Å². The summed E-state index contributed by atoms with van der Waals surface area (Å²) in [4.78, 5) is 12.1. The number of Topliss-reactive ketones (excluding diaryl/α,β-unsaturated/α-hetero) is 1. The van der Waals surface area contributed by atoms with Gasteiger partial charge in [0.25, 0.3) is 0 Å². The number of ether oxygens (including phenoxy) is 1. The van der Waals surface area contributed by atoms with Crippen molar-refractivity contribution in [3.05, 3.63) is 23.3 Å². The van der Waals surface area contributed by atoms with Crippen LogP contribution in [0.5, 0.6) is 0 Å². The molecule has 4 rings (SSSR count). The number of allylic oxidation sites excluding steroid dienone is 1. The van der Waals surface area contributed by atoms with Gasteiger partial charge in [0, 0.05) is 17.9 Å². The summed E-state index contributed by atoms with van der Waals surface area (Å²) >= 11 is 0. The maximum absolute atomic E-state index is 12.1. The maximum Gasteiger partial charge on any atom is 0.162 e. The first-order valence-electron chi connectivity index (χ1n) is 7.14. The number of hydrogen-bond donors (Lipinski definition) is 0. The molecule has 2 bridgehead atoms. The molecule has 0 aromatic carbocycles. The molecule has 1 spiro atoms. The van der Waals surface area contributed by atoms with Crippen LogP contribution in [0.1, 0.15) is 46.0 Å². The van der Waals surface area contributed by atoms with Gasteiger partial charge in [-0.15, -0.1) is 0 Å². The summed E-state index contributed by atoms with van der Waals surface area (Å²) in [6.45, 7) is 4.72. The molecule has 0 aromatic heterocycles. The van der Waals surface area contributed by atoms with Crippen molar-refractivity contribution in [1.29, 1.82) is 0 Å². The Balaban J connectivity index is 1.84. The summed E-state index contributed by atoms with van der Waals surface area (Å²) in [7, 11) is 0. The first kappa shape index (κ1) is 11.0. The van der Waals surface area contributed by atoms with Crippen molar-refractivity contribution in [1.82, 2.24) is 0 Å². The minimum atomic E-state index is -0.0706. The standard InChI is InChI=1S/C16H20O2/c1-15(2)7-8-16-6-5-12(18-16)14-10(9-13(15)16)3-4-11(14)17/h5-6,12-13H,3-4,7-9H2,1-2H3/t12-,13-,16-/m1/s1. The molecular weight excluding hydrogens is 224 g/mol. The van der Waals surface area contributed by atoms with Gasteiger partial charge in [0.15, 0.2) is 5.78 Å². The van der Waals surface area contributed by atoms with Crippen molar-refractivity contribution < 1.29 is 9.53 Å². The van der Waals surface area contributed by atoms with E-state index >= 15 is 0 Å².